The van der Waals surface area contributed by atoms with Crippen LogP contribution in [0.5, 0.6) is 0 Å². The molecule has 0 amide bonds. The second-order valence-electron chi connectivity index (χ2n) is 4.84. The van der Waals surface area contributed by atoms with Crippen LogP contribution in [0.3, 0.4) is 0 Å². The standard InChI is InChI=1S/C17H15N5S/c18-15(19)12-8-4-5-9-13(12)16(20)22-17-21-14(10-23-17)11-6-2-1-3-7-11/h1-10H,(H3,18,19)(H2,20,21,22). The fourth-order valence-electron chi connectivity index (χ4n) is 2.16. The third kappa shape index (κ3) is 3.27. The number of nitrogen functional groups attached to an aromatic ring is 1. The van der Waals surface area contributed by atoms with Crippen LogP contribution in [0, 0.1) is 5.41 Å². The molecule has 0 saturated heterocycles. The van der Waals surface area contributed by atoms with Gasteiger partial charge in [0.25, 0.3) is 0 Å². The molecule has 3 rings (SSSR count). The highest BCUT2D eigenvalue weighted by Crippen LogP contribution is 2.26. The number of hydrogen-bond donors (Lipinski definition) is 3. The second-order valence-corrected chi connectivity index (χ2v) is 5.67. The summed E-state index contributed by atoms with van der Waals surface area (Å²) in [6.07, 6.45) is 0. The van der Waals surface area contributed by atoms with Crippen LogP contribution in [0.1, 0.15) is 11.1 Å². The molecule has 5 N–H and O–H groups in total. The number of nitrogens with two attached hydrogens (primary N) is 2. The quantitative estimate of drug-likeness (QED) is 0.508. The molecule has 0 aliphatic carbocycles. The SMILES string of the molecule is N=C(N)c1ccccc1/C(N)=N/c1nc(-c2ccccc2)cs1. The first-order valence-corrected chi connectivity index (χ1v) is 7.82. The van der Waals surface area contributed by atoms with Gasteiger partial charge in [0.2, 0.25) is 5.13 Å². The van der Waals surface area contributed by atoms with Gasteiger partial charge in [-0.3, -0.25) is 5.41 Å². The Labute approximate surface area is 137 Å². The number of rotatable bonds is 4. The average Bonchev–Trinajstić information content (AvgIpc) is 3.04. The minimum absolute atomic E-state index is 0.0390. The fourth-order valence-corrected chi connectivity index (χ4v) is 2.87. The molecule has 0 fully saturated rings. The van der Waals surface area contributed by atoms with Crippen LogP contribution in [-0.2, 0) is 0 Å². The average molecular weight is 321 g/mol. The maximum atomic E-state index is 7.62. The second kappa shape index (κ2) is 6.41. The molecule has 2 aromatic carbocycles. The minimum Gasteiger partial charge on any atom is -0.384 e. The van der Waals surface area contributed by atoms with Gasteiger partial charge in [-0.15, -0.1) is 11.3 Å². The van der Waals surface area contributed by atoms with E-state index in [2.05, 4.69) is 9.98 Å². The first kappa shape index (κ1) is 14.9. The Balaban J connectivity index is 1.94. The van der Waals surface area contributed by atoms with Gasteiger partial charge in [0, 0.05) is 22.1 Å². The van der Waals surface area contributed by atoms with Gasteiger partial charge in [0.15, 0.2) is 0 Å². The highest BCUT2D eigenvalue weighted by atomic mass is 32.1. The Kier molecular flexibility index (Phi) is 4.16. The molecule has 3 aromatic rings. The van der Waals surface area contributed by atoms with Crippen molar-refractivity contribution in [3.05, 3.63) is 71.1 Å². The lowest BCUT2D eigenvalue weighted by Crippen LogP contribution is -2.21. The van der Waals surface area contributed by atoms with E-state index in [1.165, 1.54) is 11.3 Å². The zero-order chi connectivity index (χ0) is 16.2. The van der Waals surface area contributed by atoms with E-state index in [0.29, 0.717) is 22.1 Å². The number of thiazole rings is 1. The molecule has 0 saturated carbocycles. The topological polar surface area (TPSA) is 101 Å². The van der Waals surface area contributed by atoms with Crippen molar-refractivity contribution in [2.75, 3.05) is 0 Å². The smallest absolute Gasteiger partial charge is 0.211 e. The first-order valence-electron chi connectivity index (χ1n) is 6.94. The molecule has 6 heteroatoms. The Bertz CT molecular complexity index is 867. The molecule has 114 valence electrons. The Hall–Kier alpha value is -2.99. The van der Waals surface area contributed by atoms with Gasteiger partial charge < -0.3 is 11.5 Å². The minimum atomic E-state index is -0.0390. The molecule has 0 aliphatic rings. The van der Waals surface area contributed by atoms with E-state index in [1.54, 1.807) is 12.1 Å². The summed E-state index contributed by atoms with van der Waals surface area (Å²) < 4.78 is 0. The van der Waals surface area contributed by atoms with Crippen molar-refractivity contribution in [1.29, 1.82) is 5.41 Å². The van der Waals surface area contributed by atoms with E-state index in [4.69, 9.17) is 16.9 Å². The molecule has 0 bridgehead atoms. The van der Waals surface area contributed by atoms with E-state index in [9.17, 15) is 0 Å². The van der Waals surface area contributed by atoms with Crippen LogP contribution >= 0.6 is 11.3 Å². The van der Waals surface area contributed by atoms with Crippen molar-refractivity contribution in [3.8, 4) is 11.3 Å². The Morgan fingerprint density at radius 1 is 0.957 bits per heavy atom. The number of aromatic nitrogens is 1. The Morgan fingerprint density at radius 3 is 2.30 bits per heavy atom. The first-order chi connectivity index (χ1) is 11.1. The zero-order valence-electron chi connectivity index (χ0n) is 12.2. The molecule has 0 unspecified atom stereocenters. The monoisotopic (exact) mass is 321 g/mol. The maximum Gasteiger partial charge on any atom is 0.211 e. The van der Waals surface area contributed by atoms with Gasteiger partial charge in [0.1, 0.15) is 11.7 Å². The summed E-state index contributed by atoms with van der Waals surface area (Å²) in [6.45, 7) is 0. The molecule has 0 spiro atoms. The van der Waals surface area contributed by atoms with Crippen molar-refractivity contribution in [3.63, 3.8) is 0 Å². The molecule has 0 radical (unpaired) electrons. The van der Waals surface area contributed by atoms with Gasteiger partial charge >= 0.3 is 0 Å². The zero-order valence-corrected chi connectivity index (χ0v) is 13.0. The number of amidine groups is 2. The summed E-state index contributed by atoms with van der Waals surface area (Å²) in [4.78, 5) is 8.85. The summed E-state index contributed by atoms with van der Waals surface area (Å²) >= 11 is 1.42. The lowest BCUT2D eigenvalue weighted by Gasteiger charge is -2.06. The third-order valence-electron chi connectivity index (χ3n) is 3.27. The van der Waals surface area contributed by atoms with Crippen molar-refractivity contribution >= 4 is 28.1 Å². The van der Waals surface area contributed by atoms with Crippen molar-refractivity contribution in [2.45, 2.75) is 0 Å². The molecule has 5 nitrogen and oxygen atoms in total. The van der Waals surface area contributed by atoms with Gasteiger partial charge in [-0.2, -0.15) is 0 Å². The molecule has 1 aromatic heterocycles. The van der Waals surface area contributed by atoms with Gasteiger partial charge in [-0.1, -0.05) is 54.6 Å². The molecule has 1 heterocycles. The van der Waals surface area contributed by atoms with Gasteiger partial charge in [-0.25, -0.2) is 9.98 Å². The molecular formula is C17H15N5S. The van der Waals surface area contributed by atoms with Crippen molar-refractivity contribution < 1.29 is 0 Å². The van der Waals surface area contributed by atoms with E-state index in [1.807, 2.05) is 47.8 Å². The van der Waals surface area contributed by atoms with Crippen molar-refractivity contribution in [2.24, 2.45) is 16.5 Å². The molecule has 0 atom stereocenters. The van der Waals surface area contributed by atoms with Crippen LogP contribution in [0.25, 0.3) is 11.3 Å². The number of hydrogen-bond acceptors (Lipinski definition) is 4. The number of nitrogens with one attached hydrogen (secondary N) is 1. The predicted octanol–water partition coefficient (Wildman–Crippen LogP) is 3.13. The summed E-state index contributed by atoms with van der Waals surface area (Å²) in [5.41, 5.74) is 14.8. The van der Waals surface area contributed by atoms with Crippen molar-refractivity contribution in [1.82, 2.24) is 4.98 Å². The molecule has 23 heavy (non-hydrogen) atoms. The van der Waals surface area contributed by atoms with Crippen LogP contribution in [-0.4, -0.2) is 16.7 Å². The highest BCUT2D eigenvalue weighted by molar-refractivity contribution is 7.13. The number of nitrogens with zero attached hydrogens (tertiary/aromatic N) is 2. The van der Waals surface area contributed by atoms with Crippen LogP contribution < -0.4 is 11.5 Å². The van der Waals surface area contributed by atoms with E-state index >= 15 is 0 Å². The Morgan fingerprint density at radius 2 is 1.61 bits per heavy atom. The summed E-state index contributed by atoms with van der Waals surface area (Å²) in [6, 6.07) is 17.1. The third-order valence-corrected chi connectivity index (χ3v) is 4.01. The number of benzene rings is 2. The van der Waals surface area contributed by atoms with Crippen LogP contribution in [0.2, 0.25) is 0 Å². The van der Waals surface area contributed by atoms with Gasteiger partial charge in [-0.05, 0) is 0 Å². The highest BCUT2D eigenvalue weighted by Gasteiger charge is 2.09. The molecule has 0 aliphatic heterocycles. The van der Waals surface area contributed by atoms with Crippen LogP contribution in [0.15, 0.2) is 65.0 Å². The maximum absolute atomic E-state index is 7.62. The van der Waals surface area contributed by atoms with Crippen LogP contribution in [0.4, 0.5) is 5.13 Å². The van der Waals surface area contributed by atoms with E-state index in [-0.39, 0.29) is 5.84 Å². The lowest BCUT2D eigenvalue weighted by atomic mass is 10.1. The lowest BCUT2D eigenvalue weighted by molar-refractivity contribution is 1.33. The van der Waals surface area contributed by atoms with Gasteiger partial charge in [0.05, 0.1) is 5.69 Å². The molecular weight excluding hydrogens is 306 g/mol. The largest absolute Gasteiger partial charge is 0.384 e. The summed E-state index contributed by atoms with van der Waals surface area (Å²) in [5.74, 6) is 0.257. The number of aliphatic imine (C=N–C) groups is 1. The predicted molar refractivity (Wildman–Crippen MR) is 95.4 cm³/mol. The fraction of sp³-hybridized carbons (Fsp3) is 0. The summed E-state index contributed by atoms with van der Waals surface area (Å²) in [5, 5.41) is 10.1. The normalized spacial score (nSPS) is 11.4. The van der Waals surface area contributed by atoms with E-state index in [0.717, 1.165) is 11.3 Å². The summed E-state index contributed by atoms with van der Waals surface area (Å²) in [7, 11) is 0. The van der Waals surface area contributed by atoms with E-state index < -0.39 is 0 Å².